The molecule has 3 heterocycles. The maximum atomic E-state index is 13.3. The Balaban J connectivity index is 1.60. The average molecular weight is 402 g/mol. The molecule has 0 unspecified atom stereocenters. The van der Waals surface area contributed by atoms with Crippen molar-refractivity contribution in [3.8, 4) is 5.69 Å². The first-order valence-electron chi connectivity index (χ1n) is 9.71. The number of rotatable bonds is 5. The Hall–Kier alpha value is -2.48. The van der Waals surface area contributed by atoms with Crippen LogP contribution in [0.1, 0.15) is 31.9 Å². The molecule has 0 bridgehead atoms. The number of carbonyl (C=O) groups excluding carboxylic acids is 1. The lowest BCUT2D eigenvalue weighted by molar-refractivity contribution is -0.125. The summed E-state index contributed by atoms with van der Waals surface area (Å²) in [5.74, 6) is -0.133. The van der Waals surface area contributed by atoms with E-state index < -0.39 is 0 Å². The molecule has 1 N–H and O–H groups in total. The lowest BCUT2D eigenvalue weighted by atomic mass is 9.97. The van der Waals surface area contributed by atoms with E-state index in [9.17, 15) is 9.18 Å². The van der Waals surface area contributed by atoms with Gasteiger partial charge >= 0.3 is 0 Å². The predicted molar refractivity (Wildman–Crippen MR) is 110 cm³/mol. The van der Waals surface area contributed by atoms with E-state index in [4.69, 9.17) is 4.98 Å². The van der Waals surface area contributed by atoms with Crippen LogP contribution < -0.4 is 10.2 Å². The molecule has 1 saturated heterocycles. The summed E-state index contributed by atoms with van der Waals surface area (Å²) in [5, 5.41) is 8.50. The van der Waals surface area contributed by atoms with E-state index in [2.05, 4.69) is 22.2 Å². The van der Waals surface area contributed by atoms with Crippen molar-refractivity contribution in [3.63, 3.8) is 0 Å². The van der Waals surface area contributed by atoms with Crippen molar-refractivity contribution < 1.29 is 9.18 Å². The third kappa shape index (κ3) is 3.61. The Labute approximate surface area is 167 Å². The molecule has 0 saturated carbocycles. The zero-order chi connectivity index (χ0) is 19.7. The monoisotopic (exact) mass is 401 g/mol. The highest BCUT2D eigenvalue weighted by Crippen LogP contribution is 2.34. The average Bonchev–Trinajstić information content (AvgIpc) is 3.28. The lowest BCUT2D eigenvalue weighted by Crippen LogP contribution is -2.43. The second kappa shape index (κ2) is 7.87. The number of fused-ring (bicyclic) bond motifs is 1. The Morgan fingerprint density at radius 3 is 2.89 bits per heavy atom. The van der Waals surface area contributed by atoms with Crippen LogP contribution in [0.3, 0.4) is 0 Å². The van der Waals surface area contributed by atoms with Crippen molar-refractivity contribution in [2.45, 2.75) is 33.1 Å². The lowest BCUT2D eigenvalue weighted by Gasteiger charge is -2.31. The fourth-order valence-electron chi connectivity index (χ4n) is 3.58. The van der Waals surface area contributed by atoms with E-state index in [1.807, 2.05) is 6.92 Å². The minimum atomic E-state index is -0.274. The van der Waals surface area contributed by atoms with E-state index in [0.29, 0.717) is 6.54 Å². The predicted octanol–water partition coefficient (Wildman–Crippen LogP) is 3.67. The third-order valence-electron chi connectivity index (χ3n) is 5.06. The van der Waals surface area contributed by atoms with Gasteiger partial charge in [-0.05, 0) is 50.5 Å². The van der Waals surface area contributed by atoms with E-state index in [-0.39, 0.29) is 17.6 Å². The van der Waals surface area contributed by atoms with Gasteiger partial charge in [-0.15, -0.1) is 0 Å². The standard InChI is InChI=1S/C20H24FN5OS/c1-3-10-22-19(27)14-5-4-11-25(12-14)20-23-18-17(28-20)13(2)24-26(18)16-8-6-15(21)7-9-16/h6-9,14H,3-5,10-12H2,1-2H3,(H,22,27)/t14-/m0/s1. The number of amides is 1. The molecule has 28 heavy (non-hydrogen) atoms. The molecule has 1 aliphatic rings. The van der Waals surface area contributed by atoms with Gasteiger partial charge in [0, 0.05) is 19.6 Å². The molecule has 1 aliphatic heterocycles. The highest BCUT2D eigenvalue weighted by atomic mass is 32.1. The molecule has 4 rings (SSSR count). The van der Waals surface area contributed by atoms with Crippen LogP contribution in [0, 0.1) is 18.7 Å². The molecule has 0 spiro atoms. The van der Waals surface area contributed by atoms with Crippen molar-refractivity contribution in [2.75, 3.05) is 24.5 Å². The number of hydrogen-bond acceptors (Lipinski definition) is 5. The van der Waals surface area contributed by atoms with Crippen molar-refractivity contribution in [1.82, 2.24) is 20.1 Å². The molecule has 148 valence electrons. The molecule has 6 nitrogen and oxygen atoms in total. The van der Waals surface area contributed by atoms with Crippen molar-refractivity contribution in [3.05, 3.63) is 35.8 Å². The Morgan fingerprint density at radius 2 is 2.14 bits per heavy atom. The normalized spacial score (nSPS) is 17.2. The summed E-state index contributed by atoms with van der Waals surface area (Å²) in [7, 11) is 0. The van der Waals surface area contributed by atoms with E-state index >= 15 is 0 Å². The Kier molecular flexibility index (Phi) is 5.30. The van der Waals surface area contributed by atoms with E-state index in [1.54, 1.807) is 28.2 Å². The van der Waals surface area contributed by atoms with Crippen molar-refractivity contribution in [2.24, 2.45) is 5.92 Å². The fraction of sp³-hybridized carbons (Fsp3) is 0.450. The number of nitrogens with zero attached hydrogens (tertiary/aromatic N) is 4. The fourth-order valence-corrected chi connectivity index (χ4v) is 4.60. The number of thiazole rings is 1. The van der Waals surface area contributed by atoms with Gasteiger partial charge in [0.05, 0.1) is 22.0 Å². The first-order chi connectivity index (χ1) is 13.6. The molecule has 1 aromatic carbocycles. The summed E-state index contributed by atoms with van der Waals surface area (Å²) >= 11 is 1.61. The summed E-state index contributed by atoms with van der Waals surface area (Å²) in [6.07, 6.45) is 2.84. The van der Waals surface area contributed by atoms with Crippen molar-refractivity contribution >= 4 is 32.7 Å². The second-order valence-electron chi connectivity index (χ2n) is 7.20. The smallest absolute Gasteiger partial charge is 0.224 e. The maximum absolute atomic E-state index is 13.3. The minimum Gasteiger partial charge on any atom is -0.356 e. The maximum Gasteiger partial charge on any atom is 0.224 e. The first kappa shape index (κ1) is 18.9. The van der Waals surface area contributed by atoms with Crippen LogP contribution in [-0.2, 0) is 4.79 Å². The number of hydrogen-bond donors (Lipinski definition) is 1. The molecule has 3 aromatic rings. The summed E-state index contributed by atoms with van der Waals surface area (Å²) in [6.45, 7) is 6.33. The van der Waals surface area contributed by atoms with Crippen LogP contribution in [0.15, 0.2) is 24.3 Å². The molecule has 8 heteroatoms. The van der Waals surface area contributed by atoms with Gasteiger partial charge in [-0.1, -0.05) is 18.3 Å². The molecule has 1 amide bonds. The topological polar surface area (TPSA) is 63.1 Å². The number of aromatic nitrogens is 3. The van der Waals surface area contributed by atoms with Gasteiger partial charge in [0.1, 0.15) is 5.82 Å². The van der Waals surface area contributed by atoms with Gasteiger partial charge < -0.3 is 10.2 Å². The molecule has 0 aliphatic carbocycles. The highest BCUT2D eigenvalue weighted by Gasteiger charge is 2.28. The molecule has 1 fully saturated rings. The summed E-state index contributed by atoms with van der Waals surface area (Å²) < 4.78 is 16.1. The number of anilines is 1. The second-order valence-corrected chi connectivity index (χ2v) is 8.18. The number of carbonyl (C=O) groups is 1. The van der Waals surface area contributed by atoms with Gasteiger partial charge in [-0.2, -0.15) is 10.1 Å². The molecule has 0 radical (unpaired) electrons. The molecular weight excluding hydrogens is 377 g/mol. The number of nitrogens with one attached hydrogen (secondary N) is 1. The quantitative estimate of drug-likeness (QED) is 0.709. The minimum absolute atomic E-state index is 0.00186. The zero-order valence-corrected chi connectivity index (χ0v) is 16.9. The molecule has 2 aromatic heterocycles. The highest BCUT2D eigenvalue weighted by molar-refractivity contribution is 7.22. The van der Waals surface area contributed by atoms with E-state index in [1.165, 1.54) is 12.1 Å². The van der Waals surface area contributed by atoms with Gasteiger partial charge in [0.15, 0.2) is 10.8 Å². The molecule has 1 atom stereocenters. The van der Waals surface area contributed by atoms with Gasteiger partial charge in [0.25, 0.3) is 0 Å². The van der Waals surface area contributed by atoms with Gasteiger partial charge in [-0.3, -0.25) is 4.79 Å². The SMILES string of the molecule is CCCNC(=O)[C@H]1CCCN(c2nc3c(s2)c(C)nn3-c2ccc(F)cc2)C1. The largest absolute Gasteiger partial charge is 0.356 e. The Morgan fingerprint density at radius 1 is 1.36 bits per heavy atom. The van der Waals surface area contributed by atoms with Gasteiger partial charge in [-0.25, -0.2) is 9.07 Å². The zero-order valence-electron chi connectivity index (χ0n) is 16.1. The number of halogens is 1. The van der Waals surface area contributed by atoms with Crippen LogP contribution in [-0.4, -0.2) is 40.3 Å². The summed E-state index contributed by atoms with van der Waals surface area (Å²) in [4.78, 5) is 19.4. The summed E-state index contributed by atoms with van der Waals surface area (Å²) in [5.41, 5.74) is 2.46. The number of benzene rings is 1. The van der Waals surface area contributed by atoms with Crippen LogP contribution in [0.2, 0.25) is 0 Å². The number of piperidine rings is 1. The first-order valence-corrected chi connectivity index (χ1v) is 10.5. The van der Waals surface area contributed by atoms with Crippen LogP contribution in [0.4, 0.5) is 9.52 Å². The van der Waals surface area contributed by atoms with E-state index in [0.717, 1.165) is 59.2 Å². The summed E-state index contributed by atoms with van der Waals surface area (Å²) in [6, 6.07) is 6.26. The Bertz CT molecular complexity index is 981. The third-order valence-corrected chi connectivity index (χ3v) is 6.27. The van der Waals surface area contributed by atoms with Crippen LogP contribution in [0.5, 0.6) is 0 Å². The van der Waals surface area contributed by atoms with Crippen LogP contribution in [0.25, 0.3) is 16.0 Å². The van der Waals surface area contributed by atoms with Crippen molar-refractivity contribution in [1.29, 1.82) is 0 Å². The molecular formula is C20H24FN5OS. The van der Waals surface area contributed by atoms with Crippen LogP contribution >= 0.6 is 11.3 Å². The van der Waals surface area contributed by atoms with Gasteiger partial charge in [0.2, 0.25) is 5.91 Å². The number of aryl methyl sites for hydroxylation is 1.